The molecule has 0 unspecified atom stereocenters. The molecule has 0 amide bonds. The molecule has 6 heteroatoms. The average molecular weight is 652 g/mol. The van der Waals surface area contributed by atoms with Crippen molar-refractivity contribution in [3.05, 3.63) is 93.0 Å². The first-order chi connectivity index (χ1) is 18.5. The van der Waals surface area contributed by atoms with Gasteiger partial charge in [0.15, 0.2) is 0 Å². The molecule has 2 aliphatic rings. The molecule has 210 valence electrons. The summed E-state index contributed by atoms with van der Waals surface area (Å²) in [5, 5.41) is 0. The maximum absolute atomic E-state index is 7.67. The Labute approximate surface area is 245 Å². The quantitative estimate of drug-likeness (QED) is 0.260. The number of likely N-dealkylation sites (tertiary alicyclic amines) is 1. The van der Waals surface area contributed by atoms with Gasteiger partial charge in [-0.25, -0.2) is 0 Å². The van der Waals surface area contributed by atoms with Crippen LogP contribution in [0, 0.1) is 41.5 Å². The van der Waals surface area contributed by atoms with E-state index in [4.69, 9.17) is 19.4 Å². The standard InChI is InChI=1S/C21H26N2.C12H15N.2ClH.Ru/c1-14-9-16(3)20(17(4)10-14)22-7-8-23(13-22)21-18(5)11-15(2)12-19(21)6;1-11-6-2-3-7-12(11)10-13-8-4-5-9-13;;;/h9-12H,7-8H2,1-6H3;1-3,6-7H,4-5,8-10H2;2*1H;/q;;;;+2/p-2. The van der Waals surface area contributed by atoms with E-state index >= 15 is 0 Å². The van der Waals surface area contributed by atoms with Crippen LogP contribution >= 0.6 is 19.4 Å². The third-order valence-electron chi connectivity index (χ3n) is 7.89. The minimum atomic E-state index is -3.56. The Hall–Kier alpha value is -1.84. The van der Waals surface area contributed by atoms with Crippen LogP contribution in [0.3, 0.4) is 0 Å². The van der Waals surface area contributed by atoms with Gasteiger partial charge in [-0.15, -0.1) is 0 Å². The fraction of sp³-hybridized carbons (Fsp3) is 0.394. The second-order valence-corrected chi connectivity index (χ2v) is 20.5. The first-order valence-electron chi connectivity index (χ1n) is 13.9. The zero-order valence-electron chi connectivity index (χ0n) is 24.1. The zero-order valence-corrected chi connectivity index (χ0v) is 27.3. The van der Waals surface area contributed by atoms with E-state index in [1.807, 2.05) is 0 Å². The summed E-state index contributed by atoms with van der Waals surface area (Å²) in [6.45, 7) is 18.2. The summed E-state index contributed by atoms with van der Waals surface area (Å²) in [5.74, 6) is 0. The number of anilines is 2. The SMILES string of the molecule is Cc1cc(C)c(N2CCN(c3c(C)cc(C)cc3C)[C]2=[Ru]([Cl])([Cl])=[CH]c2ccccc2CN2CCCC2)c(C)c1. The monoisotopic (exact) mass is 651 g/mol. The summed E-state index contributed by atoms with van der Waals surface area (Å²) >= 11 is -3.56. The van der Waals surface area contributed by atoms with E-state index in [1.54, 1.807) is 0 Å². The molecular weight excluding hydrogens is 610 g/mol. The Balaban J connectivity index is 1.74. The topological polar surface area (TPSA) is 9.72 Å². The summed E-state index contributed by atoms with van der Waals surface area (Å²) < 4.78 is 3.32. The summed E-state index contributed by atoms with van der Waals surface area (Å²) in [6, 6.07) is 17.8. The van der Waals surface area contributed by atoms with Gasteiger partial charge in [0.25, 0.3) is 0 Å². The van der Waals surface area contributed by atoms with Gasteiger partial charge in [0.2, 0.25) is 0 Å². The first-order valence-corrected chi connectivity index (χ1v) is 20.3. The van der Waals surface area contributed by atoms with Crippen molar-refractivity contribution >= 4 is 39.7 Å². The van der Waals surface area contributed by atoms with E-state index in [9.17, 15) is 0 Å². The van der Waals surface area contributed by atoms with E-state index < -0.39 is 11.9 Å². The van der Waals surface area contributed by atoms with E-state index in [2.05, 4.69) is 109 Å². The fourth-order valence-corrected chi connectivity index (χ4v) is 12.6. The van der Waals surface area contributed by atoms with Crippen molar-refractivity contribution in [2.75, 3.05) is 36.0 Å². The molecule has 0 aromatic heterocycles. The number of rotatable bonds is 5. The van der Waals surface area contributed by atoms with Crippen molar-refractivity contribution in [2.45, 2.75) is 60.9 Å². The minimum absolute atomic E-state index is 0.859. The first kappa shape index (κ1) is 28.7. The van der Waals surface area contributed by atoms with Gasteiger partial charge in [0, 0.05) is 0 Å². The van der Waals surface area contributed by atoms with Crippen LogP contribution in [-0.2, 0) is 18.4 Å². The molecule has 0 aliphatic carbocycles. The Morgan fingerprint density at radius 1 is 0.692 bits per heavy atom. The van der Waals surface area contributed by atoms with Gasteiger partial charge in [-0.3, -0.25) is 0 Å². The van der Waals surface area contributed by atoms with E-state index in [-0.39, 0.29) is 0 Å². The van der Waals surface area contributed by atoms with Gasteiger partial charge >= 0.3 is 246 Å². The molecule has 5 rings (SSSR count). The van der Waals surface area contributed by atoms with Crippen LogP contribution in [0.5, 0.6) is 0 Å². The molecule has 2 heterocycles. The molecule has 0 N–H and O–H groups in total. The summed E-state index contributed by atoms with van der Waals surface area (Å²) in [7, 11) is 15.3. The summed E-state index contributed by atoms with van der Waals surface area (Å²) in [6.07, 6.45) is 2.56. The number of hydrogen-bond acceptors (Lipinski definition) is 3. The van der Waals surface area contributed by atoms with E-state index in [0.717, 1.165) is 37.1 Å². The van der Waals surface area contributed by atoms with Crippen LogP contribution in [0.1, 0.15) is 57.3 Å². The molecule has 0 atom stereocenters. The van der Waals surface area contributed by atoms with Crippen LogP contribution in [-0.4, -0.2) is 40.0 Å². The molecule has 39 heavy (non-hydrogen) atoms. The Kier molecular flexibility index (Phi) is 8.51. The van der Waals surface area contributed by atoms with Crippen molar-refractivity contribution in [3.63, 3.8) is 0 Å². The predicted octanol–water partition coefficient (Wildman–Crippen LogP) is 7.86. The van der Waals surface area contributed by atoms with E-state index in [1.165, 1.54) is 68.7 Å². The molecular formula is C33H41Cl2N3Ru. The molecule has 2 aliphatic heterocycles. The Morgan fingerprint density at radius 3 is 1.64 bits per heavy atom. The van der Waals surface area contributed by atoms with Gasteiger partial charge in [-0.05, 0) is 0 Å². The van der Waals surface area contributed by atoms with Crippen molar-refractivity contribution < 1.29 is 11.9 Å². The molecule has 0 saturated carbocycles. The molecule has 3 aromatic rings. The van der Waals surface area contributed by atoms with Crippen LogP contribution in [0.2, 0.25) is 0 Å². The normalized spacial score (nSPS) is 16.9. The molecule has 2 fully saturated rings. The molecule has 3 aromatic carbocycles. The molecule has 3 nitrogen and oxygen atoms in total. The predicted molar refractivity (Wildman–Crippen MR) is 169 cm³/mol. The molecule has 0 spiro atoms. The number of aryl methyl sites for hydroxylation is 6. The maximum atomic E-state index is 7.67. The van der Waals surface area contributed by atoms with Crippen LogP contribution in [0.15, 0.2) is 48.5 Å². The zero-order chi connectivity index (χ0) is 27.9. The number of benzene rings is 3. The van der Waals surface area contributed by atoms with Crippen molar-refractivity contribution in [1.82, 2.24) is 4.90 Å². The van der Waals surface area contributed by atoms with E-state index in [0.29, 0.717) is 0 Å². The Bertz CT molecular complexity index is 1410. The van der Waals surface area contributed by atoms with Gasteiger partial charge in [-0.2, -0.15) is 0 Å². The van der Waals surface area contributed by atoms with Crippen LogP contribution in [0.4, 0.5) is 11.4 Å². The molecule has 0 radical (unpaired) electrons. The van der Waals surface area contributed by atoms with Gasteiger partial charge in [-0.1, -0.05) is 0 Å². The van der Waals surface area contributed by atoms with Crippen LogP contribution in [0.25, 0.3) is 0 Å². The third kappa shape index (κ3) is 5.96. The average Bonchev–Trinajstić information content (AvgIpc) is 3.50. The number of nitrogens with zero attached hydrogens (tertiary/aromatic N) is 3. The summed E-state index contributed by atoms with van der Waals surface area (Å²) in [4.78, 5) is 7.42. The van der Waals surface area contributed by atoms with Gasteiger partial charge in [0.1, 0.15) is 0 Å². The molecule has 2 saturated heterocycles. The number of halogens is 2. The summed E-state index contributed by atoms with van der Waals surface area (Å²) in [5.41, 5.74) is 12.6. The van der Waals surface area contributed by atoms with Crippen molar-refractivity contribution in [3.8, 4) is 0 Å². The van der Waals surface area contributed by atoms with Gasteiger partial charge in [0.05, 0.1) is 0 Å². The van der Waals surface area contributed by atoms with Crippen molar-refractivity contribution in [1.29, 1.82) is 0 Å². The Morgan fingerprint density at radius 2 is 1.15 bits per heavy atom. The van der Waals surface area contributed by atoms with Crippen LogP contribution < -0.4 is 9.80 Å². The van der Waals surface area contributed by atoms with Gasteiger partial charge < -0.3 is 0 Å². The third-order valence-corrected chi connectivity index (χ3v) is 13.4. The fourth-order valence-electron chi connectivity index (χ4n) is 6.52. The number of hydrogen-bond donors (Lipinski definition) is 0. The van der Waals surface area contributed by atoms with Crippen molar-refractivity contribution in [2.24, 2.45) is 0 Å². The molecule has 0 bridgehead atoms. The second kappa shape index (κ2) is 11.6. The second-order valence-electron chi connectivity index (χ2n) is 11.3.